The maximum absolute atomic E-state index is 0. The monoisotopic (exact) mass is 185 g/mol. The van der Waals surface area contributed by atoms with Crippen LogP contribution >= 0.6 is 0 Å². The molecule has 6 nitrogen and oxygen atoms in total. The van der Waals surface area contributed by atoms with Crippen molar-refractivity contribution in [1.82, 2.24) is 0 Å². The first-order valence-corrected chi connectivity index (χ1v) is 0. The normalized spacial score (nSPS) is 0. The van der Waals surface area contributed by atoms with Gasteiger partial charge >= 0.3 is 34.4 Å². The molecular formula is H6AlFeO6. The zero-order chi connectivity index (χ0) is 0. The van der Waals surface area contributed by atoms with E-state index >= 15 is 0 Å². The Morgan fingerprint density at radius 1 is 0.375 bits per heavy atom. The molecule has 0 rings (SSSR count). The molecule has 0 spiro atoms. The summed E-state index contributed by atoms with van der Waals surface area (Å²) in [6.07, 6.45) is 0. The maximum Gasteiger partial charge on any atom is 3.00 e. The van der Waals surface area contributed by atoms with Crippen LogP contribution in [0.2, 0.25) is 0 Å². The van der Waals surface area contributed by atoms with E-state index in [4.69, 9.17) is 0 Å². The van der Waals surface area contributed by atoms with Crippen molar-refractivity contribution in [2.75, 3.05) is 0 Å². The molecule has 0 heterocycles. The summed E-state index contributed by atoms with van der Waals surface area (Å²) < 4.78 is 0. The van der Waals surface area contributed by atoms with Gasteiger partial charge in [-0.2, -0.15) is 0 Å². The molecule has 8 heavy (non-hydrogen) atoms. The quantitative estimate of drug-likeness (QED) is 0.416. The topological polar surface area (TPSA) is 180 Å². The Morgan fingerprint density at radius 3 is 0.375 bits per heavy atom. The SMILES string of the molecule is [Al+3].[Fe+3].[OH-].[OH-].[OH-].[OH-].[OH-].[OH-]. The standard InChI is InChI=1S/Al.Fe.6H2O/h;;6*1H2/q2*+3;;;;;;/p-6. The van der Waals surface area contributed by atoms with Gasteiger partial charge in [-0.15, -0.1) is 0 Å². The number of hydrogen-bond donors (Lipinski definition) is 0. The van der Waals surface area contributed by atoms with Crippen LogP contribution in [-0.2, 0) is 17.1 Å². The van der Waals surface area contributed by atoms with Crippen LogP contribution in [-0.4, -0.2) is 50.2 Å². The molecule has 0 aromatic rings. The second-order valence-corrected chi connectivity index (χ2v) is 0. The van der Waals surface area contributed by atoms with Gasteiger partial charge in [-0.1, -0.05) is 0 Å². The Hall–Kier alpha value is 0.812. The molecule has 0 saturated heterocycles. The summed E-state index contributed by atoms with van der Waals surface area (Å²) in [5, 5.41) is 0. The van der Waals surface area contributed by atoms with E-state index in [9.17, 15) is 0 Å². The van der Waals surface area contributed by atoms with E-state index in [2.05, 4.69) is 0 Å². The molecule has 6 N–H and O–H groups in total. The summed E-state index contributed by atoms with van der Waals surface area (Å²) in [6, 6.07) is 0. The van der Waals surface area contributed by atoms with Gasteiger partial charge in [0.1, 0.15) is 0 Å². The average molecular weight is 185 g/mol. The molecule has 0 aromatic carbocycles. The van der Waals surface area contributed by atoms with Crippen LogP contribution < -0.4 is 0 Å². The predicted molar refractivity (Wildman–Crippen MR) is 17.4 cm³/mol. The van der Waals surface area contributed by atoms with E-state index in [-0.39, 0.29) is 67.3 Å². The molecule has 8 heteroatoms. The van der Waals surface area contributed by atoms with Crippen LogP contribution in [0.3, 0.4) is 0 Å². The molecule has 0 atom stereocenters. The summed E-state index contributed by atoms with van der Waals surface area (Å²) in [6.45, 7) is 0. The zero-order valence-electron chi connectivity index (χ0n) is 3.61. The Labute approximate surface area is 67.7 Å². The van der Waals surface area contributed by atoms with E-state index in [0.29, 0.717) is 0 Å². The fourth-order valence-corrected chi connectivity index (χ4v) is 0. The Kier molecular flexibility index (Phi) is 56100. The van der Waals surface area contributed by atoms with Crippen LogP contribution in [0.25, 0.3) is 0 Å². The average Bonchev–Trinajstić information content (AvgIpc) is 0. The second kappa shape index (κ2) is 550. The van der Waals surface area contributed by atoms with Crippen molar-refractivity contribution in [2.45, 2.75) is 0 Å². The molecule has 0 aliphatic heterocycles. The van der Waals surface area contributed by atoms with Crippen molar-refractivity contribution in [1.29, 1.82) is 0 Å². The summed E-state index contributed by atoms with van der Waals surface area (Å²) in [4.78, 5) is 0. The van der Waals surface area contributed by atoms with Crippen molar-refractivity contribution in [3.63, 3.8) is 0 Å². The Bertz CT molecular complexity index is 8.49. The van der Waals surface area contributed by atoms with Crippen LogP contribution in [0, 0.1) is 0 Å². The third-order valence-corrected chi connectivity index (χ3v) is 0. The van der Waals surface area contributed by atoms with Gasteiger partial charge in [0.15, 0.2) is 0 Å². The minimum absolute atomic E-state index is 0. The van der Waals surface area contributed by atoms with Gasteiger partial charge in [-0.3, -0.25) is 0 Å². The van der Waals surface area contributed by atoms with Crippen LogP contribution in [0.1, 0.15) is 0 Å². The molecule has 0 bridgehead atoms. The first-order chi connectivity index (χ1) is 0. The van der Waals surface area contributed by atoms with E-state index in [1.54, 1.807) is 0 Å². The molecule has 0 unspecified atom stereocenters. The third-order valence-electron chi connectivity index (χ3n) is 0. The predicted octanol–water partition coefficient (Wildman–Crippen LogP) is -1.44. The molecule has 0 aliphatic carbocycles. The van der Waals surface area contributed by atoms with E-state index in [1.807, 2.05) is 0 Å². The Morgan fingerprint density at radius 2 is 0.375 bits per heavy atom. The fraction of sp³-hybridized carbons (Fsp3) is 0. The molecule has 0 saturated carbocycles. The third kappa shape index (κ3) is 349. The van der Waals surface area contributed by atoms with Crippen LogP contribution in [0.4, 0.5) is 0 Å². The molecule has 0 fully saturated rings. The van der Waals surface area contributed by atoms with Crippen LogP contribution in [0.15, 0.2) is 0 Å². The molecular weight excluding hydrogens is 179 g/mol. The second-order valence-electron chi connectivity index (χ2n) is 0. The number of rotatable bonds is 0. The maximum atomic E-state index is 0. The minimum atomic E-state index is 0. The largest absolute Gasteiger partial charge is 3.00 e. The van der Waals surface area contributed by atoms with Gasteiger partial charge in [-0.05, 0) is 0 Å². The van der Waals surface area contributed by atoms with Crippen molar-refractivity contribution in [3.8, 4) is 0 Å². The first kappa shape index (κ1) is 816. The van der Waals surface area contributed by atoms with Gasteiger partial charge in [0.05, 0.1) is 0 Å². The van der Waals surface area contributed by atoms with Gasteiger partial charge in [0, 0.05) is 0 Å². The summed E-state index contributed by atoms with van der Waals surface area (Å²) >= 11 is 0. The summed E-state index contributed by atoms with van der Waals surface area (Å²) in [5.74, 6) is 0. The fourth-order valence-electron chi connectivity index (χ4n) is 0. The van der Waals surface area contributed by atoms with Gasteiger partial charge < -0.3 is 32.9 Å². The van der Waals surface area contributed by atoms with Gasteiger partial charge in [-0.25, -0.2) is 0 Å². The van der Waals surface area contributed by atoms with Gasteiger partial charge in [0.2, 0.25) is 0 Å². The molecule has 0 aliphatic rings. The Balaban J connectivity index is 0. The minimum Gasteiger partial charge on any atom is -0.870 e. The van der Waals surface area contributed by atoms with Crippen molar-refractivity contribution in [2.24, 2.45) is 0 Å². The summed E-state index contributed by atoms with van der Waals surface area (Å²) in [5.41, 5.74) is 0. The van der Waals surface area contributed by atoms with E-state index in [1.165, 1.54) is 0 Å². The van der Waals surface area contributed by atoms with Crippen LogP contribution in [0.5, 0.6) is 0 Å². The molecule has 0 aromatic heterocycles. The zero-order valence-corrected chi connectivity index (χ0v) is 5.87. The first-order valence-electron chi connectivity index (χ1n) is 0. The van der Waals surface area contributed by atoms with E-state index in [0.717, 1.165) is 0 Å². The van der Waals surface area contributed by atoms with Crippen molar-refractivity contribution >= 4 is 17.4 Å². The van der Waals surface area contributed by atoms with Gasteiger partial charge in [0.25, 0.3) is 0 Å². The molecule has 1 radical (unpaired) electrons. The smallest absolute Gasteiger partial charge is 0.870 e. The molecule has 0 amide bonds. The summed E-state index contributed by atoms with van der Waals surface area (Å²) in [7, 11) is 0. The van der Waals surface area contributed by atoms with Crippen molar-refractivity contribution in [3.05, 3.63) is 0 Å². The van der Waals surface area contributed by atoms with E-state index < -0.39 is 0 Å². The molecule has 53 valence electrons. The number of hydrogen-bond acceptors (Lipinski definition) is 6. The van der Waals surface area contributed by atoms with Crippen molar-refractivity contribution < 1.29 is 49.9 Å².